The minimum atomic E-state index is 0.695. The Morgan fingerprint density at radius 3 is 3.50 bits per heavy atom. The highest BCUT2D eigenvalue weighted by atomic mass is 15.2. The number of nitrogens with one attached hydrogen (secondary N) is 1. The first kappa shape index (κ1) is 8.24. The van der Waals surface area contributed by atoms with Crippen molar-refractivity contribution in [3.8, 4) is 0 Å². The van der Waals surface area contributed by atoms with Crippen LogP contribution in [-0.4, -0.2) is 30.7 Å². The molecule has 3 nitrogen and oxygen atoms in total. The summed E-state index contributed by atoms with van der Waals surface area (Å²) in [4.78, 5) is 6.74. The molecule has 2 aliphatic rings. The van der Waals surface area contributed by atoms with E-state index in [2.05, 4.69) is 21.3 Å². The van der Waals surface area contributed by atoms with Crippen LogP contribution in [0.1, 0.15) is 12.0 Å². The van der Waals surface area contributed by atoms with Gasteiger partial charge in [-0.25, -0.2) is 0 Å². The molecule has 1 aromatic rings. The highest BCUT2D eigenvalue weighted by Gasteiger charge is 2.27. The van der Waals surface area contributed by atoms with Crippen LogP contribution in [0, 0.1) is 0 Å². The van der Waals surface area contributed by atoms with Crippen molar-refractivity contribution in [1.82, 2.24) is 10.3 Å². The second-order valence-corrected chi connectivity index (χ2v) is 4.09. The summed E-state index contributed by atoms with van der Waals surface area (Å²) in [6.07, 6.45) is 6.42. The summed E-state index contributed by atoms with van der Waals surface area (Å²) in [6.45, 7) is 3.36. The molecule has 0 saturated carbocycles. The first-order valence-electron chi connectivity index (χ1n) is 5.35. The quantitative estimate of drug-likeness (QED) is 0.654. The van der Waals surface area contributed by atoms with Gasteiger partial charge < -0.3 is 10.2 Å². The first-order chi connectivity index (χ1) is 6.95. The monoisotopic (exact) mass is 189 g/mol. The number of aryl methyl sites for hydroxylation is 1. The normalized spacial score (nSPS) is 25.4. The van der Waals surface area contributed by atoms with Crippen LogP contribution in [0.2, 0.25) is 0 Å². The van der Waals surface area contributed by atoms with Crippen LogP contribution in [0.3, 0.4) is 0 Å². The number of hydrogen-bond acceptors (Lipinski definition) is 3. The number of nitrogens with zero attached hydrogens (tertiary/aromatic N) is 2. The molecular formula is C11H15N3. The van der Waals surface area contributed by atoms with E-state index in [1.807, 2.05) is 12.4 Å². The Balaban J connectivity index is 1.99. The van der Waals surface area contributed by atoms with Gasteiger partial charge in [-0.15, -0.1) is 0 Å². The lowest BCUT2D eigenvalue weighted by atomic mass is 9.96. The fourth-order valence-electron chi connectivity index (χ4n) is 2.54. The van der Waals surface area contributed by atoms with Crippen LogP contribution in [0.25, 0.3) is 0 Å². The second kappa shape index (κ2) is 3.24. The lowest BCUT2D eigenvalue weighted by molar-refractivity contribution is 0.439. The summed E-state index contributed by atoms with van der Waals surface area (Å²) in [6, 6.07) is 2.86. The Kier molecular flexibility index (Phi) is 1.91. The number of piperazine rings is 1. The first-order valence-corrected chi connectivity index (χ1v) is 5.35. The Morgan fingerprint density at radius 2 is 2.50 bits per heavy atom. The van der Waals surface area contributed by atoms with E-state index in [1.54, 1.807) is 0 Å². The molecule has 3 heteroatoms. The molecule has 0 unspecified atom stereocenters. The Hall–Kier alpha value is -1.09. The summed E-state index contributed by atoms with van der Waals surface area (Å²) in [5, 5.41) is 3.45. The molecule has 1 fully saturated rings. The van der Waals surface area contributed by atoms with Gasteiger partial charge in [0.2, 0.25) is 0 Å². The van der Waals surface area contributed by atoms with Gasteiger partial charge in [-0.05, 0) is 24.5 Å². The van der Waals surface area contributed by atoms with Crippen molar-refractivity contribution in [1.29, 1.82) is 0 Å². The Labute approximate surface area is 84.1 Å². The molecule has 2 aliphatic heterocycles. The van der Waals surface area contributed by atoms with E-state index < -0.39 is 0 Å². The molecule has 0 aliphatic carbocycles. The van der Waals surface area contributed by atoms with Crippen molar-refractivity contribution in [3.63, 3.8) is 0 Å². The van der Waals surface area contributed by atoms with Gasteiger partial charge in [-0.2, -0.15) is 0 Å². The van der Waals surface area contributed by atoms with Gasteiger partial charge in [0.15, 0.2) is 0 Å². The zero-order chi connectivity index (χ0) is 9.38. The highest BCUT2D eigenvalue weighted by molar-refractivity contribution is 5.55. The van der Waals surface area contributed by atoms with E-state index >= 15 is 0 Å². The van der Waals surface area contributed by atoms with Gasteiger partial charge >= 0.3 is 0 Å². The molecule has 3 heterocycles. The minimum absolute atomic E-state index is 0.695. The number of anilines is 1. The van der Waals surface area contributed by atoms with Crippen LogP contribution in [0.5, 0.6) is 0 Å². The van der Waals surface area contributed by atoms with Crippen LogP contribution < -0.4 is 10.2 Å². The van der Waals surface area contributed by atoms with Crippen LogP contribution in [-0.2, 0) is 6.42 Å². The third-order valence-electron chi connectivity index (χ3n) is 3.29. The predicted octanol–water partition coefficient (Wildman–Crippen LogP) is 0.806. The Bertz CT molecular complexity index is 337. The molecule has 14 heavy (non-hydrogen) atoms. The van der Waals surface area contributed by atoms with Crippen LogP contribution >= 0.6 is 0 Å². The van der Waals surface area contributed by atoms with Crippen molar-refractivity contribution in [2.24, 2.45) is 0 Å². The van der Waals surface area contributed by atoms with Gasteiger partial charge in [0.1, 0.15) is 0 Å². The van der Waals surface area contributed by atoms with Crippen molar-refractivity contribution in [2.45, 2.75) is 18.9 Å². The lowest BCUT2D eigenvalue weighted by Gasteiger charge is -2.42. The van der Waals surface area contributed by atoms with Crippen molar-refractivity contribution >= 4 is 5.69 Å². The average Bonchev–Trinajstić information content (AvgIpc) is 2.29. The molecule has 1 atom stereocenters. The van der Waals surface area contributed by atoms with E-state index in [4.69, 9.17) is 0 Å². The molecule has 0 spiro atoms. The number of pyridine rings is 1. The number of aromatic nitrogens is 1. The van der Waals surface area contributed by atoms with Gasteiger partial charge in [-0.3, -0.25) is 4.98 Å². The molecular weight excluding hydrogens is 174 g/mol. The van der Waals surface area contributed by atoms with Gasteiger partial charge in [0.05, 0.1) is 11.9 Å². The average molecular weight is 189 g/mol. The zero-order valence-corrected chi connectivity index (χ0v) is 8.24. The van der Waals surface area contributed by atoms with Gasteiger partial charge in [-0.1, -0.05) is 0 Å². The van der Waals surface area contributed by atoms with Crippen molar-refractivity contribution < 1.29 is 0 Å². The van der Waals surface area contributed by atoms with Crippen molar-refractivity contribution in [2.75, 3.05) is 24.5 Å². The maximum atomic E-state index is 4.23. The van der Waals surface area contributed by atoms with E-state index in [-0.39, 0.29) is 0 Å². The fraction of sp³-hybridized carbons (Fsp3) is 0.545. The summed E-state index contributed by atoms with van der Waals surface area (Å²) >= 11 is 0. The number of fused-ring (bicyclic) bond motifs is 3. The Morgan fingerprint density at radius 1 is 1.50 bits per heavy atom. The minimum Gasteiger partial charge on any atom is -0.365 e. The molecule has 0 radical (unpaired) electrons. The fourth-order valence-corrected chi connectivity index (χ4v) is 2.54. The molecule has 1 N–H and O–H groups in total. The largest absolute Gasteiger partial charge is 0.365 e. The molecule has 0 bridgehead atoms. The molecule has 74 valence electrons. The van der Waals surface area contributed by atoms with Crippen LogP contribution in [0.15, 0.2) is 18.5 Å². The second-order valence-electron chi connectivity index (χ2n) is 4.09. The lowest BCUT2D eigenvalue weighted by Crippen LogP contribution is -2.53. The highest BCUT2D eigenvalue weighted by Crippen LogP contribution is 2.29. The number of rotatable bonds is 0. The summed E-state index contributed by atoms with van der Waals surface area (Å²) in [5.74, 6) is 0. The van der Waals surface area contributed by atoms with Gasteiger partial charge in [0, 0.05) is 31.9 Å². The van der Waals surface area contributed by atoms with Crippen molar-refractivity contribution in [3.05, 3.63) is 24.0 Å². The molecule has 3 rings (SSSR count). The summed E-state index contributed by atoms with van der Waals surface area (Å²) < 4.78 is 0. The van der Waals surface area contributed by atoms with Crippen LogP contribution in [0.4, 0.5) is 5.69 Å². The summed E-state index contributed by atoms with van der Waals surface area (Å²) in [5.41, 5.74) is 2.84. The third-order valence-corrected chi connectivity index (χ3v) is 3.29. The van der Waals surface area contributed by atoms with E-state index in [1.165, 1.54) is 24.1 Å². The maximum Gasteiger partial charge on any atom is 0.0588 e. The third kappa shape index (κ3) is 1.20. The SMILES string of the molecule is c1cc2c(cn1)N1CCNC[C@H]1CC2. The van der Waals surface area contributed by atoms with E-state index in [0.717, 1.165) is 19.6 Å². The molecule has 1 aromatic heterocycles. The number of hydrogen-bond donors (Lipinski definition) is 1. The maximum absolute atomic E-state index is 4.23. The van der Waals surface area contributed by atoms with E-state index in [0.29, 0.717) is 6.04 Å². The van der Waals surface area contributed by atoms with E-state index in [9.17, 15) is 0 Å². The standard InChI is InChI=1S/C11H15N3/c1-2-10-7-13-5-6-14(10)11-8-12-4-3-9(1)11/h3-4,8,10,13H,1-2,5-7H2/t10-/m1/s1. The molecule has 0 aromatic carbocycles. The molecule has 0 amide bonds. The predicted molar refractivity (Wildman–Crippen MR) is 56.6 cm³/mol. The summed E-state index contributed by atoms with van der Waals surface area (Å²) in [7, 11) is 0. The zero-order valence-electron chi connectivity index (χ0n) is 8.24. The molecule has 1 saturated heterocycles. The van der Waals surface area contributed by atoms with Gasteiger partial charge in [0.25, 0.3) is 0 Å². The topological polar surface area (TPSA) is 28.2 Å². The smallest absolute Gasteiger partial charge is 0.0588 e.